The Morgan fingerprint density at radius 3 is 2.88 bits per heavy atom. The van der Waals surface area contributed by atoms with Crippen molar-refractivity contribution in [2.24, 2.45) is 5.92 Å². The topological polar surface area (TPSA) is 54.5 Å². The van der Waals surface area contributed by atoms with Gasteiger partial charge in [0.1, 0.15) is 0 Å². The van der Waals surface area contributed by atoms with Crippen molar-refractivity contribution in [3.05, 3.63) is 54.2 Å². The van der Waals surface area contributed by atoms with Gasteiger partial charge in [-0.1, -0.05) is 24.3 Å². The lowest BCUT2D eigenvalue weighted by Crippen LogP contribution is -2.34. The van der Waals surface area contributed by atoms with Gasteiger partial charge in [-0.3, -0.25) is 4.79 Å². The molecule has 0 bridgehead atoms. The third kappa shape index (κ3) is 4.47. The molecule has 0 aliphatic carbocycles. The third-order valence-electron chi connectivity index (χ3n) is 4.23. The van der Waals surface area contributed by atoms with Crippen LogP contribution in [0.2, 0.25) is 0 Å². The Labute approximate surface area is 142 Å². The second kappa shape index (κ2) is 7.81. The van der Waals surface area contributed by atoms with Crippen molar-refractivity contribution in [2.75, 3.05) is 31.1 Å². The fourth-order valence-corrected chi connectivity index (χ4v) is 2.86. The van der Waals surface area contributed by atoms with Crippen molar-refractivity contribution >= 4 is 11.6 Å². The summed E-state index contributed by atoms with van der Waals surface area (Å²) in [5, 5.41) is 2.96. The number of nitrogens with zero attached hydrogens (tertiary/aromatic N) is 2. The first-order valence-electron chi connectivity index (χ1n) is 8.33. The van der Waals surface area contributed by atoms with Gasteiger partial charge in [0.2, 0.25) is 5.88 Å². The molecule has 1 N–H and O–H groups in total. The summed E-state index contributed by atoms with van der Waals surface area (Å²) < 4.78 is 5.39. The molecule has 0 radical (unpaired) electrons. The molecule has 0 saturated carbocycles. The number of carbonyl (C=O) groups is 1. The average molecular weight is 325 g/mol. The summed E-state index contributed by atoms with van der Waals surface area (Å²) in [4.78, 5) is 18.4. The van der Waals surface area contributed by atoms with Crippen LogP contribution in [0.25, 0.3) is 0 Å². The van der Waals surface area contributed by atoms with Gasteiger partial charge >= 0.3 is 0 Å². The van der Waals surface area contributed by atoms with E-state index >= 15 is 0 Å². The van der Waals surface area contributed by atoms with E-state index in [-0.39, 0.29) is 12.5 Å². The van der Waals surface area contributed by atoms with Crippen molar-refractivity contribution in [2.45, 2.75) is 13.3 Å². The van der Waals surface area contributed by atoms with Crippen LogP contribution in [-0.4, -0.2) is 37.1 Å². The monoisotopic (exact) mass is 325 g/mol. The lowest BCUT2D eigenvalue weighted by molar-refractivity contribution is -0.123. The van der Waals surface area contributed by atoms with E-state index in [1.807, 2.05) is 19.1 Å². The molecule has 1 atom stereocenters. The molecule has 1 aromatic carbocycles. The molecule has 1 fully saturated rings. The van der Waals surface area contributed by atoms with Gasteiger partial charge in [-0.05, 0) is 37.0 Å². The Morgan fingerprint density at radius 1 is 1.29 bits per heavy atom. The van der Waals surface area contributed by atoms with Crippen molar-refractivity contribution in [3.63, 3.8) is 0 Å². The second-order valence-electron chi connectivity index (χ2n) is 6.20. The Kier molecular flexibility index (Phi) is 5.31. The van der Waals surface area contributed by atoms with Gasteiger partial charge in [0.05, 0.1) is 0 Å². The van der Waals surface area contributed by atoms with E-state index in [2.05, 4.69) is 39.5 Å². The molecular weight excluding hydrogens is 302 g/mol. The molecule has 1 aliphatic heterocycles. The van der Waals surface area contributed by atoms with E-state index in [0.29, 0.717) is 18.3 Å². The summed E-state index contributed by atoms with van der Waals surface area (Å²) in [5.41, 5.74) is 2.32. The first kappa shape index (κ1) is 16.3. The zero-order valence-electron chi connectivity index (χ0n) is 13.9. The maximum atomic E-state index is 11.9. The number of hydrogen-bond acceptors (Lipinski definition) is 4. The molecule has 1 amide bonds. The van der Waals surface area contributed by atoms with E-state index in [4.69, 9.17) is 4.74 Å². The van der Waals surface area contributed by atoms with Crippen LogP contribution in [0.5, 0.6) is 5.88 Å². The van der Waals surface area contributed by atoms with Crippen LogP contribution in [0.4, 0.5) is 5.69 Å². The van der Waals surface area contributed by atoms with E-state index in [1.165, 1.54) is 5.69 Å². The number of benzene rings is 1. The summed E-state index contributed by atoms with van der Waals surface area (Å²) in [7, 11) is 0. The van der Waals surface area contributed by atoms with E-state index in [1.54, 1.807) is 12.3 Å². The Bertz CT molecular complexity index is 658. The highest BCUT2D eigenvalue weighted by Gasteiger charge is 2.22. The standard InChI is InChI=1S/C19H23N3O2/c1-15-7-8-19(21-11-15)24-14-18(23)20-12-16-9-10-22(13-16)17-5-3-2-4-6-17/h2-8,11,16H,9-10,12-14H2,1H3,(H,20,23). The lowest BCUT2D eigenvalue weighted by atomic mass is 10.1. The highest BCUT2D eigenvalue weighted by atomic mass is 16.5. The molecule has 3 rings (SSSR count). The number of para-hydroxylation sites is 1. The molecule has 1 aliphatic rings. The minimum absolute atomic E-state index is 0.00514. The second-order valence-corrected chi connectivity index (χ2v) is 6.20. The highest BCUT2D eigenvalue weighted by Crippen LogP contribution is 2.22. The number of rotatable bonds is 6. The van der Waals surface area contributed by atoms with Gasteiger partial charge in [0.25, 0.3) is 5.91 Å². The van der Waals surface area contributed by atoms with Gasteiger partial charge in [0.15, 0.2) is 6.61 Å². The minimum atomic E-state index is -0.101. The van der Waals surface area contributed by atoms with Crippen LogP contribution < -0.4 is 15.0 Å². The number of carbonyl (C=O) groups excluding carboxylic acids is 1. The van der Waals surface area contributed by atoms with Gasteiger partial charge in [-0.2, -0.15) is 0 Å². The highest BCUT2D eigenvalue weighted by molar-refractivity contribution is 5.77. The summed E-state index contributed by atoms with van der Waals surface area (Å²) >= 11 is 0. The zero-order chi connectivity index (χ0) is 16.8. The molecule has 0 spiro atoms. The molecule has 2 aromatic rings. The number of aromatic nitrogens is 1. The van der Waals surface area contributed by atoms with Gasteiger partial charge in [-0.25, -0.2) is 4.98 Å². The first-order valence-corrected chi connectivity index (χ1v) is 8.33. The first-order chi connectivity index (χ1) is 11.7. The minimum Gasteiger partial charge on any atom is -0.468 e. The predicted octanol–water partition coefficient (Wildman–Crippen LogP) is 2.41. The summed E-state index contributed by atoms with van der Waals surface area (Å²) in [6.07, 6.45) is 2.82. The quantitative estimate of drug-likeness (QED) is 0.886. The molecule has 5 heteroatoms. The van der Waals surface area contributed by atoms with E-state index in [0.717, 1.165) is 25.1 Å². The number of aryl methyl sites for hydroxylation is 1. The van der Waals surface area contributed by atoms with Crippen molar-refractivity contribution in [1.29, 1.82) is 0 Å². The number of hydrogen-bond donors (Lipinski definition) is 1. The molecule has 1 unspecified atom stereocenters. The molecule has 24 heavy (non-hydrogen) atoms. The summed E-state index contributed by atoms with van der Waals surface area (Å²) in [6.45, 7) is 4.67. The maximum Gasteiger partial charge on any atom is 0.258 e. The smallest absolute Gasteiger partial charge is 0.258 e. The predicted molar refractivity (Wildman–Crippen MR) is 94.2 cm³/mol. The third-order valence-corrected chi connectivity index (χ3v) is 4.23. The van der Waals surface area contributed by atoms with Gasteiger partial charge in [0, 0.05) is 37.6 Å². The maximum absolute atomic E-state index is 11.9. The molecule has 126 valence electrons. The van der Waals surface area contributed by atoms with Crippen molar-refractivity contribution < 1.29 is 9.53 Å². The fraction of sp³-hybridized carbons (Fsp3) is 0.368. The lowest BCUT2D eigenvalue weighted by Gasteiger charge is -2.18. The van der Waals surface area contributed by atoms with E-state index in [9.17, 15) is 4.79 Å². The largest absolute Gasteiger partial charge is 0.468 e. The number of ether oxygens (including phenoxy) is 1. The average Bonchev–Trinajstić information content (AvgIpc) is 3.09. The van der Waals surface area contributed by atoms with Crippen LogP contribution in [-0.2, 0) is 4.79 Å². The number of amides is 1. The Hall–Kier alpha value is -2.56. The Morgan fingerprint density at radius 2 is 2.12 bits per heavy atom. The van der Waals surface area contributed by atoms with Crippen LogP contribution in [0.3, 0.4) is 0 Å². The number of anilines is 1. The van der Waals surface area contributed by atoms with Crippen LogP contribution >= 0.6 is 0 Å². The molecule has 1 saturated heterocycles. The Balaban J connectivity index is 1.38. The van der Waals surface area contributed by atoms with Gasteiger partial charge in [-0.15, -0.1) is 0 Å². The van der Waals surface area contributed by atoms with Crippen molar-refractivity contribution in [3.8, 4) is 5.88 Å². The summed E-state index contributed by atoms with van der Waals surface area (Å²) in [5.74, 6) is 0.856. The van der Waals surface area contributed by atoms with Crippen molar-refractivity contribution in [1.82, 2.24) is 10.3 Å². The van der Waals surface area contributed by atoms with Crippen LogP contribution in [0.1, 0.15) is 12.0 Å². The van der Waals surface area contributed by atoms with E-state index < -0.39 is 0 Å². The molecule has 1 aromatic heterocycles. The van der Waals surface area contributed by atoms with Crippen LogP contribution in [0.15, 0.2) is 48.7 Å². The molecule has 5 nitrogen and oxygen atoms in total. The van der Waals surface area contributed by atoms with Crippen LogP contribution in [0, 0.1) is 12.8 Å². The normalized spacial score (nSPS) is 16.9. The fourth-order valence-electron chi connectivity index (χ4n) is 2.86. The number of nitrogens with one attached hydrogen (secondary N) is 1. The number of pyridine rings is 1. The molecule has 2 heterocycles. The zero-order valence-corrected chi connectivity index (χ0v) is 13.9. The molecular formula is C19H23N3O2. The SMILES string of the molecule is Cc1ccc(OCC(=O)NCC2CCN(c3ccccc3)C2)nc1. The summed E-state index contributed by atoms with van der Waals surface area (Å²) in [6, 6.07) is 14.1. The van der Waals surface area contributed by atoms with Gasteiger partial charge < -0.3 is 15.0 Å².